The third-order valence-corrected chi connectivity index (χ3v) is 5.02. The Bertz CT molecular complexity index is 848. The van der Waals surface area contributed by atoms with Crippen LogP contribution in [0.15, 0.2) is 59.6 Å². The summed E-state index contributed by atoms with van der Waals surface area (Å²) >= 11 is 5.58. The summed E-state index contributed by atoms with van der Waals surface area (Å²) in [5, 5.41) is 11.7. The van der Waals surface area contributed by atoms with E-state index in [1.54, 1.807) is 6.92 Å². The Labute approximate surface area is 162 Å². The quantitative estimate of drug-likeness (QED) is 0.767. The Kier molecular flexibility index (Phi) is 5.81. The molecule has 0 saturated heterocycles. The largest absolute Gasteiger partial charge is 0.480 e. The molecule has 27 heavy (non-hydrogen) atoms. The van der Waals surface area contributed by atoms with Crippen LogP contribution in [0.2, 0.25) is 0 Å². The third kappa shape index (κ3) is 4.14. The van der Waals surface area contributed by atoms with Crippen molar-refractivity contribution in [1.29, 1.82) is 0 Å². The lowest BCUT2D eigenvalue weighted by molar-refractivity contribution is -0.139. The maximum absolute atomic E-state index is 12.2. The Balaban J connectivity index is 1.69. The highest BCUT2D eigenvalue weighted by atomic mass is 35.5. The smallest absolute Gasteiger partial charge is 0.407 e. The second-order valence-corrected chi connectivity index (χ2v) is 6.74. The van der Waals surface area contributed by atoms with E-state index >= 15 is 0 Å². The molecule has 5 nitrogen and oxygen atoms in total. The number of benzene rings is 2. The van der Waals surface area contributed by atoms with Gasteiger partial charge in [0.05, 0.1) is 0 Å². The van der Waals surface area contributed by atoms with Gasteiger partial charge in [-0.05, 0) is 29.2 Å². The summed E-state index contributed by atoms with van der Waals surface area (Å²) in [6.45, 7) is 1.83. The first-order valence-corrected chi connectivity index (χ1v) is 9.05. The predicted octanol–water partition coefficient (Wildman–Crippen LogP) is 4.51. The minimum Gasteiger partial charge on any atom is -0.480 e. The van der Waals surface area contributed by atoms with Crippen molar-refractivity contribution in [2.45, 2.75) is 25.3 Å². The van der Waals surface area contributed by atoms with Crippen LogP contribution in [0.25, 0.3) is 11.1 Å². The number of carbonyl (C=O) groups excluding carboxylic acids is 1. The molecular formula is C21H20ClNO4. The number of carbonyl (C=O) groups is 2. The highest BCUT2D eigenvalue weighted by molar-refractivity contribution is 6.25. The van der Waals surface area contributed by atoms with Gasteiger partial charge in [0.25, 0.3) is 0 Å². The van der Waals surface area contributed by atoms with Crippen LogP contribution in [-0.2, 0) is 9.53 Å². The standard InChI is InChI=1S/C21H20ClNO4/c1-13(11-22)10-19(20(24)25)23-21(26)27-12-18-16-8-4-2-6-14(16)15-7-3-5-9-17(15)18/h2-9,11,18-19H,10,12H2,1H3,(H,23,26)(H,24,25)/b13-11+. The minimum absolute atomic E-state index is 0.0732. The fourth-order valence-electron chi connectivity index (χ4n) is 3.35. The molecule has 1 unspecified atom stereocenters. The molecule has 0 bridgehead atoms. The third-order valence-electron chi connectivity index (χ3n) is 4.65. The van der Waals surface area contributed by atoms with Crippen molar-refractivity contribution in [2.24, 2.45) is 0 Å². The molecule has 0 heterocycles. The number of nitrogens with one attached hydrogen (secondary N) is 1. The highest BCUT2D eigenvalue weighted by Gasteiger charge is 2.29. The first kappa shape index (κ1) is 19.0. The number of fused-ring (bicyclic) bond motifs is 3. The molecule has 0 fully saturated rings. The molecule has 1 amide bonds. The Morgan fingerprint density at radius 1 is 1.15 bits per heavy atom. The fourth-order valence-corrected chi connectivity index (χ4v) is 3.44. The summed E-state index contributed by atoms with van der Waals surface area (Å²) in [5.74, 6) is -1.21. The Morgan fingerprint density at radius 2 is 1.70 bits per heavy atom. The Morgan fingerprint density at radius 3 is 2.22 bits per heavy atom. The van der Waals surface area contributed by atoms with Gasteiger partial charge in [0.2, 0.25) is 0 Å². The van der Waals surface area contributed by atoms with E-state index in [4.69, 9.17) is 16.3 Å². The monoisotopic (exact) mass is 385 g/mol. The summed E-state index contributed by atoms with van der Waals surface area (Å²) in [4.78, 5) is 23.5. The second-order valence-electron chi connectivity index (χ2n) is 6.52. The number of carboxylic acid groups (broad SMARTS) is 1. The normalized spacial score (nSPS) is 14.2. The summed E-state index contributed by atoms with van der Waals surface area (Å²) in [5.41, 5.74) is 6.42. The molecule has 3 rings (SSSR count). The number of amides is 1. The summed E-state index contributed by atoms with van der Waals surface area (Å²) in [6, 6.07) is 14.9. The van der Waals surface area contributed by atoms with E-state index in [1.807, 2.05) is 36.4 Å². The van der Waals surface area contributed by atoms with Gasteiger partial charge < -0.3 is 15.2 Å². The molecule has 0 spiro atoms. The zero-order chi connectivity index (χ0) is 19.4. The van der Waals surface area contributed by atoms with Gasteiger partial charge in [-0.15, -0.1) is 0 Å². The lowest BCUT2D eigenvalue weighted by Crippen LogP contribution is -2.41. The molecular weight excluding hydrogens is 366 g/mol. The van der Waals surface area contributed by atoms with Crippen molar-refractivity contribution < 1.29 is 19.4 Å². The number of aliphatic carboxylic acids is 1. The van der Waals surface area contributed by atoms with E-state index in [2.05, 4.69) is 17.4 Å². The van der Waals surface area contributed by atoms with E-state index < -0.39 is 18.1 Å². The van der Waals surface area contributed by atoms with Gasteiger partial charge in [-0.2, -0.15) is 0 Å². The molecule has 0 aliphatic heterocycles. The highest BCUT2D eigenvalue weighted by Crippen LogP contribution is 2.44. The number of alkyl carbamates (subject to hydrolysis) is 1. The van der Waals surface area contributed by atoms with E-state index in [0.29, 0.717) is 5.57 Å². The van der Waals surface area contributed by atoms with Crippen molar-refractivity contribution in [2.75, 3.05) is 6.61 Å². The molecule has 0 radical (unpaired) electrons. The van der Waals surface area contributed by atoms with Gasteiger partial charge in [-0.1, -0.05) is 65.7 Å². The molecule has 1 aliphatic rings. The van der Waals surface area contributed by atoms with Crippen molar-refractivity contribution >= 4 is 23.7 Å². The topological polar surface area (TPSA) is 75.6 Å². The first-order chi connectivity index (χ1) is 13.0. The molecule has 6 heteroatoms. The number of hydrogen-bond acceptors (Lipinski definition) is 3. The van der Waals surface area contributed by atoms with Crippen molar-refractivity contribution in [3.63, 3.8) is 0 Å². The lowest BCUT2D eigenvalue weighted by Gasteiger charge is -2.17. The SMILES string of the molecule is C/C(=C\Cl)CC(NC(=O)OCC1c2ccccc2-c2ccccc21)C(=O)O. The van der Waals surface area contributed by atoms with Gasteiger partial charge >= 0.3 is 12.1 Å². The average Bonchev–Trinajstić information content (AvgIpc) is 2.99. The lowest BCUT2D eigenvalue weighted by atomic mass is 9.98. The van der Waals surface area contributed by atoms with Crippen LogP contribution in [0.4, 0.5) is 4.79 Å². The van der Waals surface area contributed by atoms with Crippen molar-refractivity contribution in [3.05, 3.63) is 70.8 Å². The molecule has 2 N–H and O–H groups in total. The number of halogens is 1. The summed E-state index contributed by atoms with van der Waals surface area (Å²) in [7, 11) is 0. The van der Waals surface area contributed by atoms with Crippen LogP contribution in [0.3, 0.4) is 0 Å². The van der Waals surface area contributed by atoms with Gasteiger partial charge in [0.15, 0.2) is 0 Å². The number of hydrogen-bond donors (Lipinski definition) is 2. The van der Waals surface area contributed by atoms with Gasteiger partial charge in [-0.25, -0.2) is 9.59 Å². The van der Waals surface area contributed by atoms with Crippen LogP contribution in [-0.4, -0.2) is 29.8 Å². The maximum Gasteiger partial charge on any atom is 0.407 e. The predicted molar refractivity (Wildman–Crippen MR) is 104 cm³/mol. The van der Waals surface area contributed by atoms with Crippen molar-refractivity contribution in [1.82, 2.24) is 5.32 Å². The van der Waals surface area contributed by atoms with Gasteiger partial charge in [-0.3, -0.25) is 0 Å². The molecule has 2 aromatic rings. The van der Waals surface area contributed by atoms with Crippen LogP contribution in [0.1, 0.15) is 30.4 Å². The first-order valence-electron chi connectivity index (χ1n) is 8.61. The minimum atomic E-state index is -1.14. The molecule has 1 atom stereocenters. The fraction of sp³-hybridized carbons (Fsp3) is 0.238. The molecule has 2 aromatic carbocycles. The van der Waals surface area contributed by atoms with E-state index in [9.17, 15) is 14.7 Å². The molecule has 0 aromatic heterocycles. The Hall–Kier alpha value is -2.79. The molecule has 140 valence electrons. The van der Waals surface area contributed by atoms with Crippen LogP contribution in [0, 0.1) is 0 Å². The number of carboxylic acids is 1. The maximum atomic E-state index is 12.2. The van der Waals surface area contributed by atoms with Crippen molar-refractivity contribution in [3.8, 4) is 11.1 Å². The van der Waals surface area contributed by atoms with E-state index in [0.717, 1.165) is 22.3 Å². The van der Waals surface area contributed by atoms with E-state index in [-0.39, 0.29) is 18.9 Å². The second kappa shape index (κ2) is 8.27. The summed E-state index contributed by atoms with van der Waals surface area (Å²) in [6.07, 6.45) is -0.644. The number of ether oxygens (including phenoxy) is 1. The van der Waals surface area contributed by atoms with Gasteiger partial charge in [0.1, 0.15) is 12.6 Å². The van der Waals surface area contributed by atoms with Crippen LogP contribution in [0.5, 0.6) is 0 Å². The van der Waals surface area contributed by atoms with Crippen LogP contribution < -0.4 is 5.32 Å². The van der Waals surface area contributed by atoms with Gasteiger partial charge in [0, 0.05) is 17.9 Å². The average molecular weight is 386 g/mol. The van der Waals surface area contributed by atoms with E-state index in [1.165, 1.54) is 5.54 Å². The molecule has 0 saturated carbocycles. The molecule has 1 aliphatic carbocycles. The zero-order valence-corrected chi connectivity index (χ0v) is 15.6. The zero-order valence-electron chi connectivity index (χ0n) is 14.8. The summed E-state index contributed by atoms with van der Waals surface area (Å²) < 4.78 is 5.37. The number of rotatable bonds is 6. The van der Waals surface area contributed by atoms with Crippen LogP contribution >= 0.6 is 11.6 Å².